The lowest BCUT2D eigenvalue weighted by Gasteiger charge is -2.60. The Kier molecular flexibility index (Phi) is 16.0. The Balaban J connectivity index is 1.55. The molecule has 2 heterocycles. The summed E-state index contributed by atoms with van der Waals surface area (Å²) in [5, 5.41) is 36.1. The molecule has 13 nitrogen and oxygen atoms in total. The molecule has 0 saturated heterocycles. The lowest BCUT2D eigenvalue weighted by Crippen LogP contribution is -2.70. The molecular formula is C50H64N4O9. The van der Waals surface area contributed by atoms with E-state index in [0.29, 0.717) is 48.6 Å². The van der Waals surface area contributed by atoms with Crippen molar-refractivity contribution < 1.29 is 39.0 Å². The number of hydrogen-bond acceptors (Lipinski definition) is 11. The first-order valence-electron chi connectivity index (χ1n) is 22.4. The van der Waals surface area contributed by atoms with E-state index in [1.165, 1.54) is 18.2 Å². The molecule has 6 atom stereocenters. The van der Waals surface area contributed by atoms with Gasteiger partial charge >= 0.3 is 0 Å². The first kappa shape index (κ1) is 47.1. The Morgan fingerprint density at radius 1 is 1.08 bits per heavy atom. The first-order valence-corrected chi connectivity index (χ1v) is 22.4. The van der Waals surface area contributed by atoms with E-state index in [4.69, 9.17) is 24.2 Å². The number of non-ortho nitro benzene ring substituents is 1. The second-order valence-corrected chi connectivity index (χ2v) is 17.7. The second kappa shape index (κ2) is 21.3. The van der Waals surface area contributed by atoms with E-state index in [0.717, 1.165) is 48.2 Å². The third-order valence-corrected chi connectivity index (χ3v) is 12.1. The van der Waals surface area contributed by atoms with Crippen LogP contribution < -0.4 is 9.47 Å². The van der Waals surface area contributed by atoms with Crippen LogP contribution in [0.1, 0.15) is 107 Å². The van der Waals surface area contributed by atoms with Crippen LogP contribution in [0.5, 0.6) is 11.5 Å². The number of carbonyl (C=O) groups is 1. The number of carbonyl (C=O) groups excluding carboxylic acids is 1. The average molecular weight is 865 g/mol. The largest absolute Gasteiger partial charge is 0.487 e. The number of aliphatic hydroxyl groups is 2. The monoisotopic (exact) mass is 864 g/mol. The van der Waals surface area contributed by atoms with E-state index in [-0.39, 0.29) is 62.2 Å². The van der Waals surface area contributed by atoms with Crippen molar-refractivity contribution in [2.45, 2.75) is 116 Å². The fourth-order valence-corrected chi connectivity index (χ4v) is 9.40. The van der Waals surface area contributed by atoms with Gasteiger partial charge in [-0.25, -0.2) is 0 Å². The van der Waals surface area contributed by atoms with Gasteiger partial charge in [-0.15, -0.1) is 6.58 Å². The maximum absolute atomic E-state index is 14.7. The van der Waals surface area contributed by atoms with Crippen molar-refractivity contribution in [3.05, 3.63) is 124 Å². The normalized spacial score (nSPS) is 23.3. The number of unbranched alkanes of at least 4 members (excludes halogenated alkanes) is 2. The van der Waals surface area contributed by atoms with Crippen LogP contribution in [-0.2, 0) is 21.0 Å². The lowest BCUT2D eigenvalue weighted by molar-refractivity contribution is -0.384. The number of amides is 1. The highest BCUT2D eigenvalue weighted by molar-refractivity contribution is 6.03. The number of nitrogens with zero attached hydrogens (tertiary/aromatic N) is 4. The van der Waals surface area contributed by atoms with Gasteiger partial charge in [0.05, 0.1) is 28.9 Å². The molecule has 1 amide bonds. The number of pyridine rings is 1. The minimum atomic E-state index is -1.41. The van der Waals surface area contributed by atoms with Gasteiger partial charge in [0.25, 0.3) is 5.69 Å². The smallest absolute Gasteiger partial charge is 0.269 e. The summed E-state index contributed by atoms with van der Waals surface area (Å²) in [7, 11) is 0. The summed E-state index contributed by atoms with van der Waals surface area (Å²) in [6.45, 7) is 14.8. The number of fused-ring (bicyclic) bond motifs is 2. The molecule has 1 fully saturated rings. The summed E-state index contributed by atoms with van der Waals surface area (Å²) in [5.74, 6) is -0.958. The zero-order valence-corrected chi connectivity index (χ0v) is 37.4. The molecule has 2 aromatic carbocycles. The minimum absolute atomic E-state index is 0.0354. The minimum Gasteiger partial charge on any atom is -0.487 e. The van der Waals surface area contributed by atoms with E-state index in [2.05, 4.69) is 23.7 Å². The molecule has 2 N–H and O–H groups in total. The number of aromatic nitrogens is 1. The Morgan fingerprint density at radius 2 is 1.83 bits per heavy atom. The molecule has 338 valence electrons. The summed E-state index contributed by atoms with van der Waals surface area (Å²) >= 11 is 0. The van der Waals surface area contributed by atoms with Crippen LogP contribution in [0.4, 0.5) is 5.69 Å². The molecule has 0 spiro atoms. The van der Waals surface area contributed by atoms with Crippen molar-refractivity contribution >= 4 is 23.4 Å². The van der Waals surface area contributed by atoms with Crippen LogP contribution in [-0.4, -0.2) is 80.4 Å². The number of allylic oxidation sites excluding steroid dienone is 1. The summed E-state index contributed by atoms with van der Waals surface area (Å²) < 4.78 is 20.9. The van der Waals surface area contributed by atoms with Gasteiger partial charge in [-0.05, 0) is 131 Å². The van der Waals surface area contributed by atoms with Gasteiger partial charge < -0.3 is 34.2 Å². The van der Waals surface area contributed by atoms with E-state index < -0.39 is 28.3 Å². The molecule has 0 bridgehead atoms. The maximum Gasteiger partial charge on any atom is 0.269 e. The number of rotatable bonds is 21. The van der Waals surface area contributed by atoms with Crippen molar-refractivity contribution in [2.24, 2.45) is 22.9 Å². The first-order chi connectivity index (χ1) is 30.3. The quantitative estimate of drug-likeness (QED) is 0.0347. The van der Waals surface area contributed by atoms with Crippen LogP contribution in [0.2, 0.25) is 0 Å². The molecule has 3 aromatic rings. The predicted octanol–water partition coefficient (Wildman–Crippen LogP) is 9.26. The van der Waals surface area contributed by atoms with Gasteiger partial charge in [-0.2, -0.15) is 0 Å². The van der Waals surface area contributed by atoms with Crippen molar-refractivity contribution in [1.82, 2.24) is 9.88 Å². The third-order valence-electron chi connectivity index (χ3n) is 12.1. The van der Waals surface area contributed by atoms with Crippen LogP contribution >= 0.6 is 0 Å². The number of ether oxygens (including phenoxy) is 3. The van der Waals surface area contributed by atoms with Crippen molar-refractivity contribution in [3.8, 4) is 11.5 Å². The van der Waals surface area contributed by atoms with E-state index in [1.807, 2.05) is 69.9 Å². The predicted molar refractivity (Wildman–Crippen MR) is 243 cm³/mol. The molecule has 3 aliphatic rings. The van der Waals surface area contributed by atoms with E-state index in [9.17, 15) is 25.1 Å². The molecule has 63 heavy (non-hydrogen) atoms. The number of nitro groups is 1. The van der Waals surface area contributed by atoms with Crippen LogP contribution in [0.15, 0.2) is 96.2 Å². The Labute approximate surface area is 371 Å². The number of oxime groups is 1. The fourth-order valence-electron chi connectivity index (χ4n) is 9.40. The third kappa shape index (κ3) is 11.2. The number of aryl methyl sites for hydroxylation is 1. The van der Waals surface area contributed by atoms with E-state index >= 15 is 0 Å². The van der Waals surface area contributed by atoms with Crippen LogP contribution in [0, 0.1) is 34.8 Å². The SMILES string of the molecule is C=CCO[C@@]12Oc3ccc(OCc4cccc(C)n4)cc3[C@H]3[C@H](CCCCO)[C@@H](CCCCO)C=C(C(=NOC(C)(C)C)C[C@@H]1N(CCC)C(=O)C=Cc1ccc([N+](=O)[O-])cc1)[C@H]32. The summed E-state index contributed by atoms with van der Waals surface area (Å²) in [6, 6.07) is 17.2. The standard InChI is InChI=1S/C50H64N4O9/c1-7-26-53(46(57)25-20-35-18-21-38(22-19-35)54(58)59)45-32-43(52-63-49(4,5)6)41-30-36(15-9-11-27-55)40(17-10-12-28-56)47-42-31-39(60-33-37-16-13-14-34(3)51-37)23-24-44(42)62-50(45,48(41)47)61-29-8-2/h8,13-14,16,18-25,30-31,36,40,45,47-48,55-56H,2,7,9-12,15,17,26-29,32-33H2,1,3-6H3/t36-,40+,45-,47+,48+,50+/m0/s1. The molecule has 13 heteroatoms. The lowest BCUT2D eigenvalue weighted by atomic mass is 9.55. The molecule has 2 aliphatic carbocycles. The van der Waals surface area contributed by atoms with Gasteiger partial charge in [0.15, 0.2) is 0 Å². The highest BCUT2D eigenvalue weighted by Gasteiger charge is 2.65. The van der Waals surface area contributed by atoms with Gasteiger partial charge in [-0.1, -0.05) is 43.1 Å². The molecule has 1 aromatic heterocycles. The average Bonchev–Trinajstić information content (AvgIpc) is 3.26. The molecule has 1 aliphatic heterocycles. The summed E-state index contributed by atoms with van der Waals surface area (Å²) in [5.41, 5.74) is 4.33. The molecule has 1 saturated carbocycles. The molecule has 0 unspecified atom stereocenters. The zero-order chi connectivity index (χ0) is 45.1. The molecule has 6 rings (SSSR count). The molecule has 0 radical (unpaired) electrons. The van der Waals surface area contributed by atoms with Crippen LogP contribution in [0.25, 0.3) is 6.08 Å². The van der Waals surface area contributed by atoms with Crippen molar-refractivity contribution in [3.63, 3.8) is 0 Å². The van der Waals surface area contributed by atoms with E-state index in [1.54, 1.807) is 24.3 Å². The van der Waals surface area contributed by atoms with Gasteiger partial charge in [0.1, 0.15) is 29.7 Å². The Hall–Kier alpha value is -5.37. The number of benzene rings is 2. The Bertz CT molecular complexity index is 2150. The van der Waals surface area contributed by atoms with Gasteiger partial charge in [0, 0.05) is 61.6 Å². The number of aliphatic hydroxyl groups excluding tert-OH is 2. The Morgan fingerprint density at radius 3 is 2.49 bits per heavy atom. The van der Waals surface area contributed by atoms with Gasteiger partial charge in [-0.3, -0.25) is 19.9 Å². The van der Waals surface area contributed by atoms with Crippen molar-refractivity contribution in [2.75, 3.05) is 26.4 Å². The fraction of sp³-hybridized carbons (Fsp3) is 0.500. The van der Waals surface area contributed by atoms with Crippen LogP contribution in [0.3, 0.4) is 0 Å². The second-order valence-electron chi connectivity index (χ2n) is 17.7. The number of nitro benzene ring substituents is 1. The summed E-state index contributed by atoms with van der Waals surface area (Å²) in [6.07, 6.45) is 12.7. The molecular weight excluding hydrogens is 801 g/mol. The zero-order valence-electron chi connectivity index (χ0n) is 37.4. The highest BCUT2D eigenvalue weighted by atomic mass is 16.7. The topological polar surface area (TPSA) is 166 Å². The highest BCUT2D eigenvalue weighted by Crippen LogP contribution is 2.62. The summed E-state index contributed by atoms with van der Waals surface area (Å²) in [4.78, 5) is 38.3. The maximum atomic E-state index is 14.7. The van der Waals surface area contributed by atoms with Gasteiger partial charge in [0.2, 0.25) is 11.7 Å². The van der Waals surface area contributed by atoms with Crippen molar-refractivity contribution in [1.29, 1.82) is 0 Å². The number of hydrogen-bond donors (Lipinski definition) is 2.